The highest BCUT2D eigenvalue weighted by Crippen LogP contribution is 2.26. The van der Waals surface area contributed by atoms with Crippen molar-refractivity contribution in [3.05, 3.63) is 46.2 Å². The SMILES string of the molecule is COC(=O)c1c(C)nc(-c2c(F)cccc2F)nc1Cl. The highest BCUT2D eigenvalue weighted by atomic mass is 35.5. The van der Waals surface area contributed by atoms with Gasteiger partial charge >= 0.3 is 5.97 Å². The van der Waals surface area contributed by atoms with E-state index in [4.69, 9.17) is 11.6 Å². The molecule has 0 unspecified atom stereocenters. The van der Waals surface area contributed by atoms with Crippen molar-refractivity contribution in [2.24, 2.45) is 0 Å². The van der Waals surface area contributed by atoms with Gasteiger partial charge in [-0.2, -0.15) is 0 Å². The van der Waals surface area contributed by atoms with Crippen molar-refractivity contribution in [3.8, 4) is 11.4 Å². The second-order valence-electron chi connectivity index (χ2n) is 3.89. The second-order valence-corrected chi connectivity index (χ2v) is 4.24. The fraction of sp³-hybridized carbons (Fsp3) is 0.154. The topological polar surface area (TPSA) is 52.1 Å². The Balaban J connectivity index is 2.64. The van der Waals surface area contributed by atoms with Gasteiger partial charge in [-0.05, 0) is 19.1 Å². The Hall–Kier alpha value is -2.08. The van der Waals surface area contributed by atoms with Gasteiger partial charge < -0.3 is 4.74 Å². The number of aromatic nitrogens is 2. The largest absolute Gasteiger partial charge is 0.465 e. The number of methoxy groups -OCH3 is 1. The molecule has 0 aliphatic rings. The first-order valence-electron chi connectivity index (χ1n) is 5.52. The predicted octanol–water partition coefficient (Wildman–Crippen LogP) is 3.17. The van der Waals surface area contributed by atoms with Crippen LogP contribution in [-0.2, 0) is 4.74 Å². The molecule has 0 aliphatic carbocycles. The number of benzene rings is 1. The summed E-state index contributed by atoms with van der Waals surface area (Å²) in [6.07, 6.45) is 0. The molecule has 0 N–H and O–H groups in total. The minimum atomic E-state index is -0.814. The minimum absolute atomic E-state index is 0.0327. The standard InChI is InChI=1S/C13H9ClF2N2O2/c1-6-9(13(19)20-2)11(14)18-12(17-6)10-7(15)4-3-5-8(10)16/h3-5H,1-2H3. The van der Waals surface area contributed by atoms with Crippen LogP contribution in [0.5, 0.6) is 0 Å². The van der Waals surface area contributed by atoms with Crippen LogP contribution in [0.3, 0.4) is 0 Å². The average molecular weight is 299 g/mol. The van der Waals surface area contributed by atoms with Crippen molar-refractivity contribution < 1.29 is 18.3 Å². The van der Waals surface area contributed by atoms with E-state index >= 15 is 0 Å². The molecule has 0 atom stereocenters. The summed E-state index contributed by atoms with van der Waals surface area (Å²) in [7, 11) is 1.18. The first-order chi connectivity index (χ1) is 9.45. The molecular weight excluding hydrogens is 290 g/mol. The maximum atomic E-state index is 13.7. The number of ether oxygens (including phenoxy) is 1. The van der Waals surface area contributed by atoms with Crippen LogP contribution in [-0.4, -0.2) is 23.0 Å². The summed E-state index contributed by atoms with van der Waals surface area (Å²) in [5, 5.41) is -0.220. The van der Waals surface area contributed by atoms with Crippen molar-refractivity contribution in [1.82, 2.24) is 9.97 Å². The lowest BCUT2D eigenvalue weighted by molar-refractivity contribution is 0.0599. The Kier molecular flexibility index (Phi) is 3.94. The van der Waals surface area contributed by atoms with E-state index in [-0.39, 0.29) is 22.2 Å². The van der Waals surface area contributed by atoms with Gasteiger partial charge in [-0.25, -0.2) is 23.5 Å². The lowest BCUT2D eigenvalue weighted by atomic mass is 10.1. The van der Waals surface area contributed by atoms with Crippen molar-refractivity contribution in [2.75, 3.05) is 7.11 Å². The number of aryl methyl sites for hydroxylation is 1. The molecule has 0 saturated carbocycles. The predicted molar refractivity (Wildman–Crippen MR) is 68.5 cm³/mol. The molecule has 0 radical (unpaired) electrons. The monoisotopic (exact) mass is 298 g/mol. The number of esters is 1. The van der Waals surface area contributed by atoms with Crippen LogP contribution in [0.15, 0.2) is 18.2 Å². The van der Waals surface area contributed by atoms with E-state index in [1.54, 1.807) is 0 Å². The van der Waals surface area contributed by atoms with E-state index < -0.39 is 23.2 Å². The molecule has 20 heavy (non-hydrogen) atoms. The van der Waals surface area contributed by atoms with Gasteiger partial charge in [0.05, 0.1) is 18.4 Å². The number of hydrogen-bond acceptors (Lipinski definition) is 4. The minimum Gasteiger partial charge on any atom is -0.465 e. The second kappa shape index (κ2) is 5.50. The molecule has 1 heterocycles. The number of carbonyl (C=O) groups is 1. The van der Waals surface area contributed by atoms with E-state index in [1.165, 1.54) is 20.1 Å². The van der Waals surface area contributed by atoms with Crippen molar-refractivity contribution in [3.63, 3.8) is 0 Å². The van der Waals surface area contributed by atoms with Gasteiger partial charge in [0.2, 0.25) is 0 Å². The number of carbonyl (C=O) groups excluding carboxylic acids is 1. The lowest BCUT2D eigenvalue weighted by Gasteiger charge is -2.09. The molecule has 104 valence electrons. The summed E-state index contributed by atoms with van der Waals surface area (Å²) in [6.45, 7) is 1.47. The molecular formula is C13H9ClF2N2O2. The summed E-state index contributed by atoms with van der Waals surface area (Å²) >= 11 is 5.87. The Bertz CT molecular complexity index is 649. The number of nitrogens with zero attached hydrogens (tertiary/aromatic N) is 2. The van der Waals surface area contributed by atoms with Crippen molar-refractivity contribution in [2.45, 2.75) is 6.92 Å². The molecule has 0 aliphatic heterocycles. The molecule has 4 nitrogen and oxygen atoms in total. The third-order valence-corrected chi connectivity index (χ3v) is 2.90. The summed E-state index contributed by atoms with van der Waals surface area (Å²) in [4.78, 5) is 19.2. The number of halogens is 3. The Morgan fingerprint density at radius 1 is 1.25 bits per heavy atom. The molecule has 0 amide bonds. The Morgan fingerprint density at radius 2 is 1.85 bits per heavy atom. The fourth-order valence-corrected chi connectivity index (χ4v) is 1.99. The Labute approximate surface area is 118 Å². The smallest absolute Gasteiger partial charge is 0.342 e. The van der Waals surface area contributed by atoms with Crippen molar-refractivity contribution >= 4 is 17.6 Å². The van der Waals surface area contributed by atoms with Crippen LogP contribution < -0.4 is 0 Å². The molecule has 1 aromatic heterocycles. The highest BCUT2D eigenvalue weighted by molar-refractivity contribution is 6.32. The van der Waals surface area contributed by atoms with E-state index in [0.717, 1.165) is 12.1 Å². The van der Waals surface area contributed by atoms with Gasteiger partial charge in [0.15, 0.2) is 5.82 Å². The highest BCUT2D eigenvalue weighted by Gasteiger charge is 2.21. The van der Waals surface area contributed by atoms with Gasteiger partial charge in [0.1, 0.15) is 22.4 Å². The molecule has 0 fully saturated rings. The summed E-state index contributed by atoms with van der Waals surface area (Å²) < 4.78 is 31.9. The van der Waals surface area contributed by atoms with Crippen LogP contribution in [0.1, 0.15) is 16.1 Å². The van der Waals surface area contributed by atoms with E-state index in [9.17, 15) is 13.6 Å². The number of hydrogen-bond donors (Lipinski definition) is 0. The normalized spacial score (nSPS) is 10.4. The van der Waals surface area contributed by atoms with Crippen molar-refractivity contribution in [1.29, 1.82) is 0 Å². The quantitative estimate of drug-likeness (QED) is 0.631. The average Bonchev–Trinajstić information content (AvgIpc) is 2.37. The van der Waals surface area contributed by atoms with E-state index in [1.807, 2.05) is 0 Å². The molecule has 0 saturated heterocycles. The van der Waals surface area contributed by atoms with Crippen LogP contribution >= 0.6 is 11.6 Å². The van der Waals surface area contributed by atoms with Crippen LogP contribution in [0.25, 0.3) is 11.4 Å². The zero-order valence-corrected chi connectivity index (χ0v) is 11.3. The molecule has 2 rings (SSSR count). The van der Waals surface area contributed by atoms with E-state index in [2.05, 4.69) is 14.7 Å². The summed E-state index contributed by atoms with van der Waals surface area (Å²) in [5.41, 5.74) is -0.252. The Morgan fingerprint density at radius 3 is 2.35 bits per heavy atom. The summed E-state index contributed by atoms with van der Waals surface area (Å²) in [5.74, 6) is -2.57. The third-order valence-electron chi connectivity index (χ3n) is 2.62. The maximum absolute atomic E-state index is 13.7. The zero-order valence-electron chi connectivity index (χ0n) is 10.6. The van der Waals surface area contributed by atoms with Gasteiger partial charge in [0.25, 0.3) is 0 Å². The van der Waals surface area contributed by atoms with Gasteiger partial charge in [-0.3, -0.25) is 0 Å². The van der Waals surface area contributed by atoms with Crippen LogP contribution in [0.4, 0.5) is 8.78 Å². The summed E-state index contributed by atoms with van der Waals surface area (Å²) in [6, 6.07) is 3.39. The van der Waals surface area contributed by atoms with Crippen LogP contribution in [0.2, 0.25) is 5.15 Å². The fourth-order valence-electron chi connectivity index (χ4n) is 1.70. The first-order valence-corrected chi connectivity index (χ1v) is 5.90. The van der Waals surface area contributed by atoms with E-state index in [0.29, 0.717) is 0 Å². The van der Waals surface area contributed by atoms with Gasteiger partial charge in [-0.15, -0.1) is 0 Å². The molecule has 2 aromatic rings. The first kappa shape index (κ1) is 14.3. The number of rotatable bonds is 2. The molecule has 1 aromatic carbocycles. The van der Waals surface area contributed by atoms with Crippen LogP contribution in [0, 0.1) is 18.6 Å². The maximum Gasteiger partial charge on any atom is 0.342 e. The lowest BCUT2D eigenvalue weighted by Crippen LogP contribution is -2.09. The molecule has 7 heteroatoms. The molecule has 0 spiro atoms. The molecule has 0 bridgehead atoms. The third kappa shape index (κ3) is 2.46. The van der Waals surface area contributed by atoms with Gasteiger partial charge in [-0.1, -0.05) is 17.7 Å². The zero-order chi connectivity index (χ0) is 14.9. The van der Waals surface area contributed by atoms with Gasteiger partial charge in [0, 0.05) is 0 Å².